The number of rotatable bonds is 3. The first-order valence-corrected chi connectivity index (χ1v) is 4.73. The van der Waals surface area contributed by atoms with E-state index in [-0.39, 0.29) is 0 Å². The van der Waals surface area contributed by atoms with Crippen molar-refractivity contribution in [3.8, 4) is 5.75 Å². The van der Waals surface area contributed by atoms with E-state index in [0.717, 1.165) is 22.2 Å². The molecule has 0 heterocycles. The molecule has 0 saturated carbocycles. The topological polar surface area (TPSA) is 13.6 Å². The second kappa shape index (κ2) is 4.88. The van der Waals surface area contributed by atoms with Crippen LogP contribution in [0.4, 0.5) is 0 Å². The van der Waals surface area contributed by atoms with E-state index in [9.17, 15) is 0 Å². The maximum Gasteiger partial charge on any atom is 0.218 e. The average molecular weight is 240 g/mol. The molecule has 0 spiro atoms. The molecule has 0 aliphatic heterocycles. The minimum atomic E-state index is 0.512. The van der Waals surface area contributed by atoms with Gasteiger partial charge >= 0.3 is 0 Å². The van der Waals surface area contributed by atoms with Crippen LogP contribution in [0.25, 0.3) is 4.85 Å². The summed E-state index contributed by atoms with van der Waals surface area (Å²) in [6.45, 7) is 7.21. The molecule has 0 bridgehead atoms. The van der Waals surface area contributed by atoms with E-state index >= 15 is 0 Å². The Hall–Kier alpha value is -1.01. The number of hydrogen-bond acceptors (Lipinski definition) is 1. The molecule has 0 radical (unpaired) electrons. The van der Waals surface area contributed by atoms with Gasteiger partial charge in [-0.1, -0.05) is 22.0 Å². The van der Waals surface area contributed by atoms with Gasteiger partial charge in [0, 0.05) is 16.5 Å². The Kier molecular flexibility index (Phi) is 3.78. The molecule has 0 unspecified atom stereocenters. The zero-order valence-corrected chi connectivity index (χ0v) is 8.97. The van der Waals surface area contributed by atoms with Crippen molar-refractivity contribution in [1.29, 1.82) is 0 Å². The van der Waals surface area contributed by atoms with E-state index in [1.54, 1.807) is 7.11 Å². The summed E-state index contributed by atoms with van der Waals surface area (Å²) in [5, 5.41) is 0. The number of halogens is 1. The van der Waals surface area contributed by atoms with Gasteiger partial charge in [-0.3, -0.25) is 0 Å². The molecule has 0 aliphatic rings. The van der Waals surface area contributed by atoms with E-state index in [1.807, 2.05) is 18.2 Å². The molecular weight excluding hydrogens is 230 g/mol. The Bertz CT molecular complexity index is 330. The smallest absolute Gasteiger partial charge is 0.218 e. The fraction of sp³-hybridized carbons (Fsp3) is 0.300. The zero-order chi connectivity index (χ0) is 9.68. The average Bonchev–Trinajstić information content (AvgIpc) is 2.16. The van der Waals surface area contributed by atoms with Crippen LogP contribution < -0.4 is 4.74 Å². The quantitative estimate of drug-likeness (QED) is 0.740. The maximum atomic E-state index is 6.70. The van der Waals surface area contributed by atoms with Gasteiger partial charge in [-0.05, 0) is 12.1 Å². The Morgan fingerprint density at radius 2 is 2.31 bits per heavy atom. The van der Waals surface area contributed by atoms with Crippen LogP contribution in [0.15, 0.2) is 22.7 Å². The first-order valence-electron chi connectivity index (χ1n) is 3.93. The van der Waals surface area contributed by atoms with Gasteiger partial charge in [-0.25, -0.2) is 6.57 Å². The second-order valence-electron chi connectivity index (χ2n) is 2.59. The molecule has 13 heavy (non-hydrogen) atoms. The van der Waals surface area contributed by atoms with E-state index in [0.29, 0.717) is 6.54 Å². The Morgan fingerprint density at radius 1 is 1.54 bits per heavy atom. The summed E-state index contributed by atoms with van der Waals surface area (Å²) >= 11 is 3.36. The molecule has 3 heteroatoms. The molecule has 0 aromatic heterocycles. The number of nitrogens with zero attached hydrogens (tertiary/aromatic N) is 1. The fourth-order valence-corrected chi connectivity index (χ4v) is 1.44. The summed E-state index contributed by atoms with van der Waals surface area (Å²) in [5.41, 5.74) is 1.08. The lowest BCUT2D eigenvalue weighted by molar-refractivity contribution is 0.409. The molecule has 0 aliphatic carbocycles. The summed E-state index contributed by atoms with van der Waals surface area (Å²) in [7, 11) is 1.64. The van der Waals surface area contributed by atoms with Gasteiger partial charge in [-0.2, -0.15) is 0 Å². The molecule has 1 aromatic rings. The van der Waals surface area contributed by atoms with Crippen LogP contribution >= 0.6 is 15.9 Å². The normalized spacial score (nSPS) is 9.31. The molecule has 0 saturated heterocycles. The number of methoxy groups -OCH3 is 1. The van der Waals surface area contributed by atoms with Crippen LogP contribution in [0, 0.1) is 6.57 Å². The van der Waals surface area contributed by atoms with Crippen molar-refractivity contribution in [2.45, 2.75) is 6.42 Å². The zero-order valence-electron chi connectivity index (χ0n) is 7.38. The summed E-state index contributed by atoms with van der Waals surface area (Å²) < 4.78 is 6.19. The maximum absolute atomic E-state index is 6.70. The van der Waals surface area contributed by atoms with Crippen molar-refractivity contribution in [1.82, 2.24) is 0 Å². The third-order valence-electron chi connectivity index (χ3n) is 1.74. The van der Waals surface area contributed by atoms with Crippen molar-refractivity contribution in [3.63, 3.8) is 0 Å². The van der Waals surface area contributed by atoms with E-state index in [2.05, 4.69) is 20.8 Å². The van der Waals surface area contributed by atoms with Gasteiger partial charge in [0.15, 0.2) is 0 Å². The Balaban J connectivity index is 2.87. The first-order chi connectivity index (χ1) is 6.27. The van der Waals surface area contributed by atoms with Crippen molar-refractivity contribution in [2.75, 3.05) is 13.7 Å². The highest BCUT2D eigenvalue weighted by Gasteiger charge is 2.03. The minimum Gasteiger partial charge on any atom is -0.496 e. The van der Waals surface area contributed by atoms with Crippen molar-refractivity contribution in [3.05, 3.63) is 39.7 Å². The molecular formula is C10H10BrNO. The molecule has 1 aromatic carbocycles. The van der Waals surface area contributed by atoms with Crippen molar-refractivity contribution < 1.29 is 4.74 Å². The second-order valence-corrected chi connectivity index (χ2v) is 3.50. The molecule has 68 valence electrons. The molecule has 0 N–H and O–H groups in total. The van der Waals surface area contributed by atoms with E-state index in [4.69, 9.17) is 11.3 Å². The van der Waals surface area contributed by atoms with Gasteiger partial charge in [0.05, 0.1) is 7.11 Å². The molecule has 0 amide bonds. The Morgan fingerprint density at radius 3 is 2.92 bits per heavy atom. The first kappa shape index (κ1) is 10.1. The van der Waals surface area contributed by atoms with Crippen LogP contribution in [-0.2, 0) is 6.42 Å². The third kappa shape index (κ3) is 2.74. The highest BCUT2D eigenvalue weighted by Crippen LogP contribution is 2.23. The van der Waals surface area contributed by atoms with Gasteiger partial charge in [0.25, 0.3) is 0 Å². The van der Waals surface area contributed by atoms with Gasteiger partial charge in [0.1, 0.15) is 5.75 Å². The lowest BCUT2D eigenvalue weighted by atomic mass is 10.1. The van der Waals surface area contributed by atoms with Gasteiger partial charge < -0.3 is 9.58 Å². The highest BCUT2D eigenvalue weighted by molar-refractivity contribution is 9.10. The standard InChI is InChI=1S/C10H10BrNO/c1-12-6-5-8-3-4-9(11)7-10(8)13-2/h3-4,7H,5-6H2,2H3. The van der Waals surface area contributed by atoms with Crippen LogP contribution in [-0.4, -0.2) is 13.7 Å². The molecule has 1 rings (SSSR count). The van der Waals surface area contributed by atoms with E-state index < -0.39 is 0 Å². The van der Waals surface area contributed by atoms with Crippen molar-refractivity contribution >= 4 is 15.9 Å². The summed E-state index contributed by atoms with van der Waals surface area (Å²) in [5.74, 6) is 0.845. The predicted molar refractivity (Wildman–Crippen MR) is 55.9 cm³/mol. The summed E-state index contributed by atoms with van der Waals surface area (Å²) in [6.07, 6.45) is 0.750. The van der Waals surface area contributed by atoms with E-state index in [1.165, 1.54) is 0 Å². The largest absolute Gasteiger partial charge is 0.496 e. The van der Waals surface area contributed by atoms with Crippen LogP contribution in [0.5, 0.6) is 5.75 Å². The highest BCUT2D eigenvalue weighted by atomic mass is 79.9. The van der Waals surface area contributed by atoms with Crippen molar-refractivity contribution in [2.24, 2.45) is 0 Å². The lowest BCUT2D eigenvalue weighted by Crippen LogP contribution is -1.93. The molecule has 0 fully saturated rings. The molecule has 2 nitrogen and oxygen atoms in total. The Labute approximate surface area is 86.5 Å². The summed E-state index contributed by atoms with van der Waals surface area (Å²) in [6, 6.07) is 5.86. The number of benzene rings is 1. The monoisotopic (exact) mass is 239 g/mol. The van der Waals surface area contributed by atoms with Crippen LogP contribution in [0.2, 0.25) is 0 Å². The fourth-order valence-electron chi connectivity index (χ4n) is 1.10. The third-order valence-corrected chi connectivity index (χ3v) is 2.24. The predicted octanol–water partition coefficient (Wildman–Crippen LogP) is 2.92. The summed E-state index contributed by atoms with van der Waals surface area (Å²) in [4.78, 5) is 3.31. The van der Waals surface area contributed by atoms with Gasteiger partial charge in [0.2, 0.25) is 6.54 Å². The minimum absolute atomic E-state index is 0.512. The molecule has 0 atom stereocenters. The lowest BCUT2D eigenvalue weighted by Gasteiger charge is -2.05. The van der Waals surface area contributed by atoms with Gasteiger partial charge in [-0.15, -0.1) is 0 Å². The number of hydrogen-bond donors (Lipinski definition) is 0. The van der Waals surface area contributed by atoms with Crippen LogP contribution in [0.1, 0.15) is 5.56 Å². The number of ether oxygens (including phenoxy) is 1. The van der Waals surface area contributed by atoms with Crippen LogP contribution in [0.3, 0.4) is 0 Å². The SMILES string of the molecule is [C-]#[N+]CCc1ccc(Br)cc1OC.